The summed E-state index contributed by atoms with van der Waals surface area (Å²) in [7, 11) is 0. The molecule has 0 amide bonds. The topological polar surface area (TPSA) is 29.3 Å². The van der Waals surface area contributed by atoms with Gasteiger partial charge in [-0.05, 0) is 25.8 Å². The molecule has 4 atom stereocenters. The van der Waals surface area contributed by atoms with Crippen LogP contribution in [-0.4, -0.2) is 30.1 Å². The molecule has 52 valence electrons. The Balaban J connectivity index is 2.16. The molecule has 0 aromatic rings. The molecule has 2 heterocycles. The van der Waals surface area contributed by atoms with Gasteiger partial charge >= 0.3 is 0 Å². The van der Waals surface area contributed by atoms with Crippen molar-refractivity contribution in [1.29, 1.82) is 0 Å². The second-order valence-electron chi connectivity index (χ2n) is 3.35. The first-order valence-corrected chi connectivity index (χ1v) is 3.78. The number of nitrogens with zero attached hydrogens (tertiary/aromatic N) is 1. The van der Waals surface area contributed by atoms with Crippen LogP contribution in [0.2, 0.25) is 0 Å². The molecule has 2 nitrogen and oxygen atoms in total. The third kappa shape index (κ3) is 0.634. The highest BCUT2D eigenvalue weighted by Gasteiger charge is 2.41. The molecule has 1 unspecified atom stereocenters. The Morgan fingerprint density at radius 3 is 2.56 bits per heavy atom. The Hall–Kier alpha value is -0.0800. The van der Waals surface area contributed by atoms with Gasteiger partial charge < -0.3 is 5.73 Å². The summed E-state index contributed by atoms with van der Waals surface area (Å²) in [6.45, 7) is 4.73. The lowest BCUT2D eigenvalue weighted by Crippen LogP contribution is -2.34. The SMILES string of the molecule is C[C@@H]1[C@H]2CCN1C[C@H]2N. The molecule has 2 aliphatic rings. The number of fused-ring (bicyclic) bond motifs is 2. The van der Waals surface area contributed by atoms with Crippen molar-refractivity contribution in [1.82, 2.24) is 4.90 Å². The highest BCUT2D eigenvalue weighted by atomic mass is 15.2. The van der Waals surface area contributed by atoms with Gasteiger partial charge in [0.1, 0.15) is 0 Å². The Morgan fingerprint density at radius 2 is 2.33 bits per heavy atom. The van der Waals surface area contributed by atoms with Crippen molar-refractivity contribution in [3.8, 4) is 0 Å². The molecular formula is C7H14N2. The Labute approximate surface area is 56.0 Å². The molecule has 0 spiro atoms. The first-order valence-electron chi connectivity index (χ1n) is 3.78. The van der Waals surface area contributed by atoms with Gasteiger partial charge in [0.05, 0.1) is 0 Å². The van der Waals surface area contributed by atoms with Crippen molar-refractivity contribution in [2.75, 3.05) is 13.1 Å². The Bertz CT molecular complexity index is 124. The van der Waals surface area contributed by atoms with Crippen LogP contribution in [0.3, 0.4) is 0 Å². The van der Waals surface area contributed by atoms with Gasteiger partial charge in [-0.3, -0.25) is 4.90 Å². The smallest absolute Gasteiger partial charge is 0.0212 e. The summed E-state index contributed by atoms with van der Waals surface area (Å²) in [6, 6.07) is 1.26. The van der Waals surface area contributed by atoms with Crippen molar-refractivity contribution >= 4 is 0 Å². The Morgan fingerprint density at radius 1 is 1.56 bits per heavy atom. The van der Waals surface area contributed by atoms with E-state index in [4.69, 9.17) is 5.73 Å². The molecule has 2 rings (SSSR count). The van der Waals surface area contributed by atoms with Crippen molar-refractivity contribution < 1.29 is 0 Å². The van der Waals surface area contributed by atoms with Crippen molar-refractivity contribution in [2.45, 2.75) is 25.4 Å². The molecule has 0 aromatic carbocycles. The third-order valence-corrected chi connectivity index (χ3v) is 2.94. The molecule has 2 heteroatoms. The fraction of sp³-hybridized carbons (Fsp3) is 1.00. The van der Waals surface area contributed by atoms with Gasteiger partial charge in [0.2, 0.25) is 0 Å². The molecule has 0 aliphatic carbocycles. The number of piperidine rings is 1. The summed E-state index contributed by atoms with van der Waals surface area (Å²) >= 11 is 0. The summed E-state index contributed by atoms with van der Waals surface area (Å²) in [5.41, 5.74) is 5.87. The van der Waals surface area contributed by atoms with Gasteiger partial charge in [-0.1, -0.05) is 0 Å². The zero-order valence-corrected chi connectivity index (χ0v) is 5.88. The minimum absolute atomic E-state index is 0.480. The van der Waals surface area contributed by atoms with Gasteiger partial charge in [0.15, 0.2) is 0 Å². The van der Waals surface area contributed by atoms with Crippen LogP contribution in [0.4, 0.5) is 0 Å². The first kappa shape index (κ1) is 5.69. The predicted molar refractivity (Wildman–Crippen MR) is 37.1 cm³/mol. The van der Waals surface area contributed by atoms with E-state index >= 15 is 0 Å². The molecule has 2 bridgehead atoms. The van der Waals surface area contributed by atoms with Crippen molar-refractivity contribution in [3.63, 3.8) is 0 Å². The van der Waals surface area contributed by atoms with E-state index < -0.39 is 0 Å². The third-order valence-electron chi connectivity index (χ3n) is 2.94. The normalized spacial score (nSPS) is 56.7. The highest BCUT2D eigenvalue weighted by molar-refractivity contribution is 4.98. The zero-order chi connectivity index (χ0) is 6.43. The molecule has 2 N–H and O–H groups in total. The summed E-state index contributed by atoms with van der Waals surface area (Å²) in [4.78, 5) is 2.50. The van der Waals surface area contributed by atoms with Crippen molar-refractivity contribution in [3.05, 3.63) is 0 Å². The van der Waals surface area contributed by atoms with Gasteiger partial charge in [0, 0.05) is 18.6 Å². The van der Waals surface area contributed by atoms with Crippen molar-refractivity contribution in [2.24, 2.45) is 11.7 Å². The average Bonchev–Trinajstić information content (AvgIpc) is 2.25. The predicted octanol–water partition coefficient (Wildman–Crippen LogP) is 0.0377. The minimum Gasteiger partial charge on any atom is -0.326 e. The van der Waals surface area contributed by atoms with Crippen LogP contribution in [0.15, 0.2) is 0 Å². The number of rotatable bonds is 0. The van der Waals surface area contributed by atoms with Crippen LogP contribution in [0.5, 0.6) is 0 Å². The first-order chi connectivity index (χ1) is 4.29. The number of hydrogen-bond acceptors (Lipinski definition) is 2. The maximum Gasteiger partial charge on any atom is 0.0212 e. The quantitative estimate of drug-likeness (QED) is 0.496. The van der Waals surface area contributed by atoms with E-state index in [-0.39, 0.29) is 0 Å². The lowest BCUT2D eigenvalue weighted by molar-refractivity contribution is 0.309. The largest absolute Gasteiger partial charge is 0.326 e. The van der Waals surface area contributed by atoms with Crippen LogP contribution in [0, 0.1) is 5.92 Å². The molecule has 2 saturated heterocycles. The van der Waals surface area contributed by atoms with E-state index in [1.54, 1.807) is 0 Å². The zero-order valence-electron chi connectivity index (χ0n) is 5.88. The van der Waals surface area contributed by atoms with Crippen LogP contribution < -0.4 is 5.73 Å². The number of nitrogens with two attached hydrogens (primary N) is 1. The van der Waals surface area contributed by atoms with E-state index in [0.29, 0.717) is 6.04 Å². The monoisotopic (exact) mass is 126 g/mol. The lowest BCUT2D eigenvalue weighted by atomic mass is 9.97. The van der Waals surface area contributed by atoms with Gasteiger partial charge in [-0.2, -0.15) is 0 Å². The molecule has 2 fully saturated rings. The van der Waals surface area contributed by atoms with Crippen LogP contribution in [0.25, 0.3) is 0 Å². The molecular weight excluding hydrogens is 112 g/mol. The van der Waals surface area contributed by atoms with Gasteiger partial charge in [-0.15, -0.1) is 0 Å². The van der Waals surface area contributed by atoms with Crippen LogP contribution >= 0.6 is 0 Å². The molecule has 2 aliphatic heterocycles. The second kappa shape index (κ2) is 1.70. The standard InChI is InChI=1S/C7H14N2/c1-5-6-2-3-9(5)4-7(6)8/h5-7H,2-4,8H2,1H3/t5-,6-,7-/m1/s1. The number of hydrogen-bond donors (Lipinski definition) is 1. The molecule has 0 aromatic heterocycles. The summed E-state index contributed by atoms with van der Waals surface area (Å²) in [6.07, 6.45) is 1.34. The fourth-order valence-corrected chi connectivity index (χ4v) is 2.27. The Kier molecular flexibility index (Phi) is 1.08. The maximum atomic E-state index is 5.87. The van der Waals surface area contributed by atoms with E-state index in [1.807, 2.05) is 0 Å². The molecule has 0 saturated carbocycles. The second-order valence-corrected chi connectivity index (χ2v) is 3.35. The average molecular weight is 126 g/mol. The fourth-order valence-electron chi connectivity index (χ4n) is 2.27. The van der Waals surface area contributed by atoms with E-state index in [9.17, 15) is 0 Å². The van der Waals surface area contributed by atoms with Crippen LogP contribution in [-0.2, 0) is 0 Å². The summed E-state index contributed by atoms with van der Waals surface area (Å²) in [5, 5.41) is 0. The summed E-state index contributed by atoms with van der Waals surface area (Å²) in [5.74, 6) is 0.810. The minimum atomic E-state index is 0.480. The molecule has 9 heavy (non-hydrogen) atoms. The van der Waals surface area contributed by atoms with Crippen LogP contribution in [0.1, 0.15) is 13.3 Å². The van der Waals surface area contributed by atoms with E-state index in [0.717, 1.165) is 18.5 Å². The maximum absolute atomic E-state index is 5.87. The van der Waals surface area contributed by atoms with Gasteiger partial charge in [0.25, 0.3) is 0 Å². The lowest BCUT2D eigenvalue weighted by Gasteiger charge is -2.16. The van der Waals surface area contributed by atoms with E-state index in [1.165, 1.54) is 13.0 Å². The summed E-state index contributed by atoms with van der Waals surface area (Å²) < 4.78 is 0. The molecule has 0 radical (unpaired) electrons. The highest BCUT2D eigenvalue weighted by Crippen LogP contribution is 2.32. The van der Waals surface area contributed by atoms with Gasteiger partial charge in [-0.25, -0.2) is 0 Å². The van der Waals surface area contributed by atoms with E-state index in [2.05, 4.69) is 11.8 Å².